The average molecular weight is 711 g/mol. The number of esters is 1. The Morgan fingerprint density at radius 3 is 2.26 bits per heavy atom. The molecule has 0 aliphatic carbocycles. The van der Waals surface area contributed by atoms with E-state index in [0.717, 1.165) is 5.52 Å². The van der Waals surface area contributed by atoms with E-state index in [-0.39, 0.29) is 18.6 Å². The van der Waals surface area contributed by atoms with Gasteiger partial charge in [0.1, 0.15) is 23.4 Å². The lowest BCUT2D eigenvalue weighted by Crippen LogP contribution is -2.36. The predicted molar refractivity (Wildman–Crippen MR) is 190 cm³/mol. The molecular weight excluding hydrogens is 666 g/mol. The van der Waals surface area contributed by atoms with Gasteiger partial charge in [-0.05, 0) is 88.7 Å². The summed E-state index contributed by atoms with van der Waals surface area (Å²) in [4.78, 5) is 23.6. The third-order valence-electron chi connectivity index (χ3n) is 7.55. The van der Waals surface area contributed by atoms with Crippen LogP contribution in [0.5, 0.6) is 11.5 Å². The molecule has 0 bridgehead atoms. The van der Waals surface area contributed by atoms with E-state index in [2.05, 4.69) is 5.09 Å². The second kappa shape index (κ2) is 17.0. The van der Waals surface area contributed by atoms with Gasteiger partial charge in [-0.15, -0.1) is 0 Å². The molecule has 4 atom stereocenters. The molecule has 50 heavy (non-hydrogen) atoms. The number of carboxylic acids is 1. The number of halogens is 1. The van der Waals surface area contributed by atoms with Gasteiger partial charge in [-0.2, -0.15) is 0 Å². The SMILES string of the molecule is CC(C)OC(=O)[C@H](C)NP(=O)(COc1ccc2c(c1)c(-c1ccc(F)cc1)c(/C=C/[C@@H](O)C[C@@H](O)CC(=O)O)n2C(C)C)Oc1ccccc1. The van der Waals surface area contributed by atoms with Gasteiger partial charge in [0.2, 0.25) is 0 Å². The first kappa shape index (κ1) is 38.3. The van der Waals surface area contributed by atoms with Gasteiger partial charge < -0.3 is 33.9 Å². The number of hydrogen-bond acceptors (Lipinski definition) is 8. The Morgan fingerprint density at radius 1 is 0.960 bits per heavy atom. The van der Waals surface area contributed by atoms with Crippen LogP contribution in [-0.4, -0.2) is 62.5 Å². The fourth-order valence-corrected chi connectivity index (χ4v) is 7.13. The minimum Gasteiger partial charge on any atom is -0.481 e. The average Bonchev–Trinajstić information content (AvgIpc) is 3.36. The van der Waals surface area contributed by atoms with Crippen molar-refractivity contribution >= 4 is 36.4 Å². The van der Waals surface area contributed by atoms with E-state index in [9.17, 15) is 28.8 Å². The van der Waals surface area contributed by atoms with Crippen molar-refractivity contribution < 1.29 is 47.9 Å². The minimum absolute atomic E-state index is 0.0800. The molecule has 0 aliphatic heterocycles. The lowest BCUT2D eigenvalue weighted by atomic mass is 10.0. The number of para-hydroxylation sites is 1. The van der Waals surface area contributed by atoms with Crippen molar-refractivity contribution in [2.24, 2.45) is 0 Å². The number of carbonyl (C=O) groups is 2. The number of nitrogens with zero attached hydrogens (tertiary/aromatic N) is 1. The van der Waals surface area contributed by atoms with E-state index in [1.807, 2.05) is 24.5 Å². The molecule has 4 aromatic rings. The Balaban J connectivity index is 1.74. The Hall–Kier alpha value is -4.48. The van der Waals surface area contributed by atoms with Crippen molar-refractivity contribution in [2.75, 3.05) is 6.35 Å². The molecule has 0 amide bonds. The van der Waals surface area contributed by atoms with Gasteiger partial charge in [0.25, 0.3) is 0 Å². The summed E-state index contributed by atoms with van der Waals surface area (Å²) >= 11 is 0. The molecule has 4 rings (SSSR count). The number of aliphatic carboxylic acids is 1. The van der Waals surface area contributed by atoms with E-state index >= 15 is 0 Å². The summed E-state index contributed by atoms with van der Waals surface area (Å²) in [6.07, 6.45) is -0.695. The Morgan fingerprint density at radius 2 is 1.64 bits per heavy atom. The molecule has 1 heterocycles. The number of ether oxygens (including phenoxy) is 2. The van der Waals surface area contributed by atoms with Gasteiger partial charge >= 0.3 is 19.5 Å². The van der Waals surface area contributed by atoms with Crippen molar-refractivity contribution in [1.82, 2.24) is 9.65 Å². The van der Waals surface area contributed by atoms with Crippen molar-refractivity contribution in [3.8, 4) is 22.6 Å². The number of aromatic nitrogens is 1. The van der Waals surface area contributed by atoms with Crippen LogP contribution in [0.2, 0.25) is 0 Å². The predicted octanol–water partition coefficient (Wildman–Crippen LogP) is 7.17. The smallest absolute Gasteiger partial charge is 0.354 e. The standard InChI is InChI=1S/C37H44FN2O9P/c1-23(2)40-33-18-16-31(47-22-50(46,49-30-9-7-6-8-10-30)39-25(5)37(45)48-24(3)4)21-32(33)36(26-11-13-27(38)14-12-26)34(40)17-15-28(41)19-29(42)20-35(43)44/h6-18,21,23-25,28-29,41-42H,19-20,22H2,1-5H3,(H,39,46)(H,43,44)/b17-15+/t25-,28+,29+,50?/m0/s1. The number of nitrogens with one attached hydrogen (secondary N) is 1. The summed E-state index contributed by atoms with van der Waals surface area (Å²) in [6, 6.07) is 18.7. The lowest BCUT2D eigenvalue weighted by molar-refractivity contribution is -0.149. The van der Waals surface area contributed by atoms with E-state index in [1.54, 1.807) is 74.5 Å². The molecule has 268 valence electrons. The molecule has 0 aliphatic rings. The Kier molecular flexibility index (Phi) is 13.0. The van der Waals surface area contributed by atoms with Crippen LogP contribution in [0.3, 0.4) is 0 Å². The number of fused-ring (bicyclic) bond motifs is 1. The molecule has 4 N–H and O–H groups in total. The number of hydrogen-bond donors (Lipinski definition) is 4. The van der Waals surface area contributed by atoms with Crippen LogP contribution >= 0.6 is 7.52 Å². The molecule has 3 aromatic carbocycles. The summed E-state index contributed by atoms with van der Waals surface area (Å²) in [5.74, 6) is -1.54. The molecule has 11 nitrogen and oxygen atoms in total. The first-order chi connectivity index (χ1) is 23.7. The second-order valence-corrected chi connectivity index (χ2v) is 14.6. The molecule has 13 heteroatoms. The molecule has 0 saturated heterocycles. The van der Waals surface area contributed by atoms with Gasteiger partial charge in [-0.1, -0.05) is 36.4 Å². The summed E-state index contributed by atoms with van der Waals surface area (Å²) in [7, 11) is -3.87. The lowest BCUT2D eigenvalue weighted by Gasteiger charge is -2.24. The van der Waals surface area contributed by atoms with Crippen LogP contribution in [0, 0.1) is 5.82 Å². The van der Waals surface area contributed by atoms with Gasteiger partial charge in [0.05, 0.1) is 24.7 Å². The van der Waals surface area contributed by atoms with E-state index in [1.165, 1.54) is 25.1 Å². The van der Waals surface area contributed by atoms with Crippen molar-refractivity contribution in [2.45, 2.75) is 77.9 Å². The van der Waals surface area contributed by atoms with E-state index in [4.69, 9.17) is 19.1 Å². The summed E-state index contributed by atoms with van der Waals surface area (Å²) in [6.45, 7) is 8.92. The maximum absolute atomic E-state index is 14.2. The highest BCUT2D eigenvalue weighted by Gasteiger charge is 2.32. The summed E-state index contributed by atoms with van der Waals surface area (Å²) in [5, 5.41) is 33.2. The third kappa shape index (κ3) is 10.3. The molecule has 1 aromatic heterocycles. The minimum atomic E-state index is -3.87. The normalized spacial score (nSPS) is 14.8. The van der Waals surface area contributed by atoms with Crippen LogP contribution in [0.15, 0.2) is 78.9 Å². The molecular formula is C37H44FN2O9P. The topological polar surface area (TPSA) is 157 Å². The van der Waals surface area contributed by atoms with Crippen molar-refractivity contribution in [1.29, 1.82) is 0 Å². The Bertz CT molecular complexity index is 1840. The van der Waals surface area contributed by atoms with Gasteiger partial charge in [-0.25, -0.2) is 9.48 Å². The van der Waals surface area contributed by atoms with E-state index < -0.39 is 56.3 Å². The van der Waals surface area contributed by atoms with Gasteiger partial charge in [-0.3, -0.25) is 14.2 Å². The molecule has 1 unspecified atom stereocenters. The maximum atomic E-state index is 14.2. The molecule has 0 fully saturated rings. The largest absolute Gasteiger partial charge is 0.481 e. The number of rotatable bonds is 17. The fraction of sp³-hybridized carbons (Fsp3) is 0.351. The molecule has 0 radical (unpaired) electrons. The summed E-state index contributed by atoms with van der Waals surface area (Å²) in [5.41, 5.74) is 2.83. The van der Waals surface area contributed by atoms with Crippen LogP contribution < -0.4 is 14.3 Å². The van der Waals surface area contributed by atoms with Gasteiger partial charge in [0.15, 0.2) is 6.35 Å². The number of benzene rings is 3. The van der Waals surface area contributed by atoms with Crippen LogP contribution in [0.25, 0.3) is 28.1 Å². The number of aliphatic hydroxyl groups excluding tert-OH is 2. The monoisotopic (exact) mass is 710 g/mol. The quantitative estimate of drug-likeness (QED) is 0.0655. The third-order valence-corrected chi connectivity index (χ3v) is 9.31. The number of aliphatic hydroxyl groups is 2. The second-order valence-electron chi connectivity index (χ2n) is 12.5. The molecule has 0 spiro atoms. The fourth-order valence-electron chi connectivity index (χ4n) is 5.47. The number of carboxylic acid groups (broad SMARTS) is 1. The zero-order chi connectivity index (χ0) is 36.6. The maximum Gasteiger partial charge on any atom is 0.354 e. The van der Waals surface area contributed by atoms with Gasteiger partial charge in [0, 0.05) is 34.6 Å². The number of carbonyl (C=O) groups excluding carboxylic acids is 1. The first-order valence-corrected chi connectivity index (χ1v) is 18.1. The van der Waals surface area contributed by atoms with Crippen LogP contribution in [0.4, 0.5) is 4.39 Å². The van der Waals surface area contributed by atoms with Crippen LogP contribution in [0.1, 0.15) is 59.2 Å². The highest BCUT2D eigenvalue weighted by molar-refractivity contribution is 7.57. The van der Waals surface area contributed by atoms with E-state index in [0.29, 0.717) is 33.7 Å². The summed E-state index contributed by atoms with van der Waals surface area (Å²) < 4.78 is 47.5. The zero-order valence-electron chi connectivity index (χ0n) is 28.7. The Labute approximate surface area is 290 Å². The zero-order valence-corrected chi connectivity index (χ0v) is 29.5. The van der Waals surface area contributed by atoms with Crippen molar-refractivity contribution in [3.05, 3.63) is 90.4 Å². The highest BCUT2D eigenvalue weighted by Crippen LogP contribution is 2.45. The first-order valence-electron chi connectivity index (χ1n) is 16.3. The highest BCUT2D eigenvalue weighted by atomic mass is 31.2. The molecule has 0 saturated carbocycles. The van der Waals surface area contributed by atoms with Crippen molar-refractivity contribution in [3.63, 3.8) is 0 Å². The van der Waals surface area contributed by atoms with Crippen LogP contribution in [-0.2, 0) is 18.9 Å².